The molecule has 0 radical (unpaired) electrons. The highest BCUT2D eigenvalue weighted by molar-refractivity contribution is 7.99. The second-order valence-electron chi connectivity index (χ2n) is 4.95. The van der Waals surface area contributed by atoms with Gasteiger partial charge in [0.05, 0.1) is 6.10 Å². The Morgan fingerprint density at radius 1 is 1.33 bits per heavy atom. The molecule has 0 aliphatic rings. The predicted octanol–water partition coefficient (Wildman–Crippen LogP) is 3.30. The molecule has 1 aromatic rings. The minimum absolute atomic E-state index is 0.225. The Morgan fingerprint density at radius 2 is 2.11 bits per heavy atom. The maximum atomic E-state index is 9.80. The first-order chi connectivity index (χ1) is 8.63. The number of aliphatic hydroxyl groups is 1. The fraction of sp³-hybridized carbons (Fsp3) is 0.600. The van der Waals surface area contributed by atoms with Crippen LogP contribution in [0.4, 0.5) is 0 Å². The van der Waals surface area contributed by atoms with Gasteiger partial charge in [0.15, 0.2) is 0 Å². The SMILES string of the molecule is CCCNCc1cccc(SCC(O)C(C)C)c1. The van der Waals surface area contributed by atoms with Gasteiger partial charge in [-0.25, -0.2) is 0 Å². The van der Waals surface area contributed by atoms with E-state index < -0.39 is 0 Å². The third-order valence-corrected chi connectivity index (χ3v) is 3.94. The van der Waals surface area contributed by atoms with Crippen molar-refractivity contribution >= 4 is 11.8 Å². The molecule has 0 fully saturated rings. The van der Waals surface area contributed by atoms with Crippen LogP contribution >= 0.6 is 11.8 Å². The Balaban J connectivity index is 2.44. The first-order valence-electron chi connectivity index (χ1n) is 6.74. The van der Waals surface area contributed by atoms with Crippen LogP contribution in [-0.2, 0) is 6.54 Å². The van der Waals surface area contributed by atoms with Gasteiger partial charge in [-0.2, -0.15) is 0 Å². The lowest BCUT2D eigenvalue weighted by Gasteiger charge is -2.14. The van der Waals surface area contributed by atoms with E-state index in [9.17, 15) is 5.11 Å². The van der Waals surface area contributed by atoms with Gasteiger partial charge in [0.2, 0.25) is 0 Å². The van der Waals surface area contributed by atoms with Gasteiger partial charge in [0.1, 0.15) is 0 Å². The molecule has 2 N–H and O–H groups in total. The predicted molar refractivity (Wildman–Crippen MR) is 80.0 cm³/mol. The molecule has 0 aromatic heterocycles. The first kappa shape index (κ1) is 15.5. The van der Waals surface area contributed by atoms with Gasteiger partial charge in [-0.1, -0.05) is 32.9 Å². The first-order valence-corrected chi connectivity index (χ1v) is 7.72. The van der Waals surface area contributed by atoms with Crippen LogP contribution in [0.1, 0.15) is 32.8 Å². The van der Waals surface area contributed by atoms with Crippen LogP contribution in [0, 0.1) is 5.92 Å². The fourth-order valence-corrected chi connectivity index (χ4v) is 2.69. The van der Waals surface area contributed by atoms with Crippen LogP contribution in [-0.4, -0.2) is 23.5 Å². The molecule has 0 aliphatic carbocycles. The number of hydrogen-bond acceptors (Lipinski definition) is 3. The molecule has 18 heavy (non-hydrogen) atoms. The van der Waals surface area contributed by atoms with Gasteiger partial charge in [0.25, 0.3) is 0 Å². The molecular weight excluding hydrogens is 242 g/mol. The van der Waals surface area contributed by atoms with Gasteiger partial charge >= 0.3 is 0 Å². The van der Waals surface area contributed by atoms with E-state index in [1.54, 1.807) is 11.8 Å². The van der Waals surface area contributed by atoms with Crippen LogP contribution in [0.5, 0.6) is 0 Å². The topological polar surface area (TPSA) is 32.3 Å². The summed E-state index contributed by atoms with van der Waals surface area (Å²) in [6.07, 6.45) is 0.937. The van der Waals surface area contributed by atoms with E-state index >= 15 is 0 Å². The van der Waals surface area contributed by atoms with Crippen molar-refractivity contribution in [2.24, 2.45) is 5.92 Å². The molecule has 0 bridgehead atoms. The minimum atomic E-state index is -0.225. The summed E-state index contributed by atoms with van der Waals surface area (Å²) in [4.78, 5) is 1.24. The third-order valence-electron chi connectivity index (χ3n) is 2.84. The fourth-order valence-electron chi connectivity index (χ4n) is 1.53. The summed E-state index contributed by atoms with van der Waals surface area (Å²) in [5.41, 5.74) is 1.31. The lowest BCUT2D eigenvalue weighted by Crippen LogP contribution is -2.17. The maximum Gasteiger partial charge on any atom is 0.0656 e. The summed E-state index contributed by atoms with van der Waals surface area (Å²) in [5.74, 6) is 1.09. The van der Waals surface area contributed by atoms with Crippen LogP contribution in [0.15, 0.2) is 29.2 Å². The standard InChI is InChI=1S/C15H25NOS/c1-4-8-16-10-13-6-5-7-14(9-13)18-11-15(17)12(2)3/h5-7,9,12,15-17H,4,8,10-11H2,1-3H3. The average molecular weight is 267 g/mol. The zero-order chi connectivity index (χ0) is 13.4. The van der Waals surface area contributed by atoms with Crippen molar-refractivity contribution in [3.05, 3.63) is 29.8 Å². The van der Waals surface area contributed by atoms with E-state index in [1.165, 1.54) is 10.5 Å². The zero-order valence-corrected chi connectivity index (χ0v) is 12.5. The number of benzene rings is 1. The highest BCUT2D eigenvalue weighted by Crippen LogP contribution is 2.21. The van der Waals surface area contributed by atoms with Crippen molar-refractivity contribution in [1.29, 1.82) is 0 Å². The molecule has 0 aliphatic heterocycles. The molecule has 102 valence electrons. The Morgan fingerprint density at radius 3 is 2.78 bits per heavy atom. The Kier molecular flexibility index (Phi) is 7.40. The second-order valence-corrected chi connectivity index (χ2v) is 6.04. The molecule has 1 atom stereocenters. The summed E-state index contributed by atoms with van der Waals surface area (Å²) in [6.45, 7) is 8.26. The number of aliphatic hydroxyl groups excluding tert-OH is 1. The van der Waals surface area contributed by atoms with Gasteiger partial charge in [-0.05, 0) is 36.6 Å². The van der Waals surface area contributed by atoms with Gasteiger partial charge < -0.3 is 10.4 Å². The normalized spacial score (nSPS) is 12.9. The molecular formula is C15H25NOS. The summed E-state index contributed by atoms with van der Waals surface area (Å²) >= 11 is 1.73. The van der Waals surface area contributed by atoms with Crippen molar-refractivity contribution in [3.8, 4) is 0 Å². The maximum absolute atomic E-state index is 9.80. The lowest BCUT2D eigenvalue weighted by molar-refractivity contribution is 0.149. The largest absolute Gasteiger partial charge is 0.392 e. The second kappa shape index (κ2) is 8.57. The molecule has 0 amide bonds. The van der Waals surface area contributed by atoms with Gasteiger partial charge in [-0.15, -0.1) is 11.8 Å². The van der Waals surface area contributed by atoms with Crippen molar-refractivity contribution in [3.63, 3.8) is 0 Å². The van der Waals surface area contributed by atoms with Crippen LogP contribution < -0.4 is 5.32 Å². The number of hydrogen-bond donors (Lipinski definition) is 2. The van der Waals surface area contributed by atoms with Crippen molar-refractivity contribution in [1.82, 2.24) is 5.32 Å². The van der Waals surface area contributed by atoms with Gasteiger partial charge in [-0.3, -0.25) is 0 Å². The van der Waals surface area contributed by atoms with Crippen LogP contribution in [0.2, 0.25) is 0 Å². The van der Waals surface area contributed by atoms with Crippen LogP contribution in [0.3, 0.4) is 0 Å². The molecule has 1 rings (SSSR count). The third kappa shape index (κ3) is 5.89. The molecule has 0 heterocycles. The Hall–Kier alpha value is -0.510. The summed E-state index contributed by atoms with van der Waals surface area (Å²) in [5, 5.41) is 13.2. The highest BCUT2D eigenvalue weighted by Gasteiger charge is 2.09. The lowest BCUT2D eigenvalue weighted by atomic mass is 10.1. The van der Waals surface area contributed by atoms with E-state index in [0.717, 1.165) is 25.3 Å². The van der Waals surface area contributed by atoms with E-state index in [1.807, 2.05) is 0 Å². The minimum Gasteiger partial charge on any atom is -0.392 e. The molecule has 0 saturated heterocycles. The van der Waals surface area contributed by atoms with E-state index in [4.69, 9.17) is 0 Å². The average Bonchev–Trinajstić information content (AvgIpc) is 2.36. The molecule has 0 spiro atoms. The van der Waals surface area contributed by atoms with Crippen LogP contribution in [0.25, 0.3) is 0 Å². The van der Waals surface area contributed by atoms with Crippen molar-refractivity contribution < 1.29 is 5.11 Å². The highest BCUT2D eigenvalue weighted by atomic mass is 32.2. The summed E-state index contributed by atoms with van der Waals surface area (Å²) in [6, 6.07) is 8.56. The van der Waals surface area contributed by atoms with E-state index in [0.29, 0.717) is 5.92 Å². The molecule has 0 saturated carbocycles. The van der Waals surface area contributed by atoms with Gasteiger partial charge in [0, 0.05) is 17.2 Å². The number of thioether (sulfide) groups is 1. The smallest absolute Gasteiger partial charge is 0.0656 e. The zero-order valence-electron chi connectivity index (χ0n) is 11.6. The quantitative estimate of drug-likeness (QED) is 0.560. The van der Waals surface area contributed by atoms with Crippen molar-refractivity contribution in [2.75, 3.05) is 12.3 Å². The molecule has 1 unspecified atom stereocenters. The van der Waals surface area contributed by atoms with E-state index in [-0.39, 0.29) is 6.10 Å². The molecule has 2 nitrogen and oxygen atoms in total. The monoisotopic (exact) mass is 267 g/mol. The Bertz CT molecular complexity index is 341. The van der Waals surface area contributed by atoms with E-state index in [2.05, 4.69) is 50.4 Å². The molecule has 3 heteroatoms. The number of nitrogens with one attached hydrogen (secondary N) is 1. The summed E-state index contributed by atoms with van der Waals surface area (Å²) in [7, 11) is 0. The van der Waals surface area contributed by atoms with Crippen molar-refractivity contribution in [2.45, 2.75) is 44.7 Å². The molecule has 1 aromatic carbocycles. The summed E-state index contributed by atoms with van der Waals surface area (Å²) < 4.78 is 0. The number of rotatable bonds is 8. The Labute approximate surface area is 115 Å².